The second-order valence-corrected chi connectivity index (χ2v) is 5.28. The number of aromatic nitrogens is 1. The van der Waals surface area contributed by atoms with Gasteiger partial charge in [0.2, 0.25) is 0 Å². The molecule has 78 valence electrons. The fourth-order valence-corrected chi connectivity index (χ4v) is 3.44. The number of aromatic amines is 1. The second-order valence-electron chi connectivity index (χ2n) is 3.78. The molecular formula is C11H10FNOS. The highest BCUT2D eigenvalue weighted by atomic mass is 32.2. The molecule has 1 unspecified atom stereocenters. The van der Waals surface area contributed by atoms with Crippen LogP contribution in [0.15, 0.2) is 23.2 Å². The van der Waals surface area contributed by atoms with Crippen molar-refractivity contribution in [3.63, 3.8) is 0 Å². The third kappa shape index (κ3) is 1.32. The summed E-state index contributed by atoms with van der Waals surface area (Å²) in [7, 11) is -0.932. The second kappa shape index (κ2) is 3.17. The topological polar surface area (TPSA) is 32.9 Å². The van der Waals surface area contributed by atoms with Crippen LogP contribution in [0, 0.1) is 5.82 Å². The number of fused-ring (bicyclic) bond motifs is 3. The lowest BCUT2D eigenvalue weighted by Gasteiger charge is -2.09. The van der Waals surface area contributed by atoms with Gasteiger partial charge in [0, 0.05) is 16.7 Å². The zero-order valence-corrected chi connectivity index (χ0v) is 8.86. The van der Waals surface area contributed by atoms with Crippen LogP contribution in [0.25, 0.3) is 10.9 Å². The maximum Gasteiger partial charge on any atom is 0.123 e. The number of nitrogens with one attached hydrogen (secondary N) is 1. The van der Waals surface area contributed by atoms with Crippen LogP contribution < -0.4 is 0 Å². The molecule has 2 nitrogen and oxygen atoms in total. The normalized spacial score (nSPS) is 20.5. The molecule has 0 aliphatic carbocycles. The summed E-state index contributed by atoms with van der Waals surface area (Å²) >= 11 is 0. The van der Waals surface area contributed by atoms with Gasteiger partial charge in [-0.2, -0.15) is 0 Å². The van der Waals surface area contributed by atoms with Crippen LogP contribution in [-0.4, -0.2) is 14.9 Å². The van der Waals surface area contributed by atoms with Crippen molar-refractivity contribution in [1.29, 1.82) is 0 Å². The van der Waals surface area contributed by atoms with Gasteiger partial charge in [-0.25, -0.2) is 4.39 Å². The Kier molecular flexibility index (Phi) is 1.92. The lowest BCUT2D eigenvalue weighted by Crippen LogP contribution is -2.08. The molecular weight excluding hydrogens is 213 g/mol. The molecule has 2 aromatic rings. The predicted octanol–water partition coefficient (Wildman–Crippen LogP) is 2.36. The molecule has 1 atom stereocenters. The van der Waals surface area contributed by atoms with Crippen LogP contribution in [0.3, 0.4) is 0 Å². The molecule has 0 amide bonds. The Labute approximate surface area is 89.0 Å². The number of H-pyrrole nitrogens is 1. The summed E-state index contributed by atoms with van der Waals surface area (Å²) in [5.41, 5.74) is 1.92. The maximum absolute atomic E-state index is 13.1. The minimum Gasteiger partial charge on any atom is -0.347 e. The number of hydrogen-bond donors (Lipinski definition) is 1. The third-order valence-corrected chi connectivity index (χ3v) is 4.28. The van der Waals surface area contributed by atoms with Gasteiger partial charge in [0.25, 0.3) is 0 Å². The van der Waals surface area contributed by atoms with Crippen molar-refractivity contribution in [2.75, 3.05) is 5.75 Å². The van der Waals surface area contributed by atoms with Crippen molar-refractivity contribution in [3.8, 4) is 0 Å². The Bertz CT molecular complexity index is 561. The highest BCUT2D eigenvalue weighted by Gasteiger charge is 2.20. The van der Waals surface area contributed by atoms with E-state index in [-0.39, 0.29) is 5.82 Å². The molecule has 1 N–H and O–H groups in total. The van der Waals surface area contributed by atoms with Crippen LogP contribution in [0.1, 0.15) is 12.0 Å². The number of halogens is 1. The first-order valence-electron chi connectivity index (χ1n) is 4.94. The molecule has 15 heavy (non-hydrogen) atoms. The summed E-state index contributed by atoms with van der Waals surface area (Å²) in [5.74, 6) is 0.475. The van der Waals surface area contributed by atoms with Crippen molar-refractivity contribution >= 4 is 21.7 Å². The van der Waals surface area contributed by atoms with Crippen LogP contribution in [0.2, 0.25) is 0 Å². The summed E-state index contributed by atoms with van der Waals surface area (Å²) in [5, 5.41) is 1.68. The quantitative estimate of drug-likeness (QED) is 0.730. The maximum atomic E-state index is 13.1. The molecule has 0 bridgehead atoms. The average molecular weight is 223 g/mol. The number of aryl methyl sites for hydroxylation is 1. The summed E-state index contributed by atoms with van der Waals surface area (Å²) in [4.78, 5) is 3.13. The largest absolute Gasteiger partial charge is 0.347 e. The first kappa shape index (κ1) is 9.09. The van der Waals surface area contributed by atoms with Gasteiger partial charge >= 0.3 is 0 Å². The summed E-state index contributed by atoms with van der Waals surface area (Å²) in [6.07, 6.45) is 1.81. The Balaban J connectivity index is 2.36. The van der Waals surface area contributed by atoms with Gasteiger partial charge in [0.05, 0.1) is 10.8 Å². The first-order chi connectivity index (χ1) is 7.25. The number of rotatable bonds is 0. The minimum absolute atomic E-state index is 0.236. The van der Waals surface area contributed by atoms with E-state index < -0.39 is 10.8 Å². The molecule has 2 heterocycles. The predicted molar refractivity (Wildman–Crippen MR) is 57.9 cm³/mol. The monoisotopic (exact) mass is 223 g/mol. The molecule has 0 fully saturated rings. The fraction of sp³-hybridized carbons (Fsp3) is 0.273. The molecule has 4 heteroatoms. The van der Waals surface area contributed by atoms with Gasteiger partial charge < -0.3 is 4.98 Å². The van der Waals surface area contributed by atoms with E-state index in [1.807, 2.05) is 0 Å². The molecule has 0 saturated heterocycles. The van der Waals surface area contributed by atoms with Gasteiger partial charge in [-0.1, -0.05) is 0 Å². The van der Waals surface area contributed by atoms with E-state index in [0.29, 0.717) is 5.75 Å². The van der Waals surface area contributed by atoms with E-state index in [9.17, 15) is 8.60 Å². The zero-order chi connectivity index (χ0) is 10.4. The summed E-state index contributed by atoms with van der Waals surface area (Å²) in [6.45, 7) is 0. The lowest BCUT2D eigenvalue weighted by molar-refractivity contribution is 0.629. The smallest absolute Gasteiger partial charge is 0.123 e. The van der Waals surface area contributed by atoms with Crippen LogP contribution >= 0.6 is 0 Å². The van der Waals surface area contributed by atoms with Crippen LogP contribution in [0.5, 0.6) is 0 Å². The SMILES string of the molecule is O=S1CCCc2c1[nH]c1ccc(F)cc21. The zero-order valence-electron chi connectivity index (χ0n) is 8.05. The third-order valence-electron chi connectivity index (χ3n) is 2.81. The van der Waals surface area contributed by atoms with Gasteiger partial charge in [0.15, 0.2) is 0 Å². The highest BCUT2D eigenvalue weighted by molar-refractivity contribution is 7.85. The molecule has 0 spiro atoms. The van der Waals surface area contributed by atoms with E-state index in [4.69, 9.17) is 0 Å². The Morgan fingerprint density at radius 2 is 2.27 bits per heavy atom. The molecule has 1 aliphatic heterocycles. The van der Waals surface area contributed by atoms with Crippen molar-refractivity contribution in [3.05, 3.63) is 29.6 Å². The van der Waals surface area contributed by atoms with Gasteiger partial charge in [-0.3, -0.25) is 4.21 Å². The van der Waals surface area contributed by atoms with E-state index in [0.717, 1.165) is 34.3 Å². The van der Waals surface area contributed by atoms with Gasteiger partial charge in [-0.15, -0.1) is 0 Å². The first-order valence-corrected chi connectivity index (χ1v) is 6.26. The minimum atomic E-state index is -0.932. The van der Waals surface area contributed by atoms with Crippen LogP contribution in [0.4, 0.5) is 4.39 Å². The molecule has 1 aromatic carbocycles. The fourth-order valence-electron chi connectivity index (χ4n) is 2.12. The molecule has 1 aliphatic rings. The number of benzene rings is 1. The molecule has 1 aromatic heterocycles. The van der Waals surface area contributed by atoms with E-state index in [1.54, 1.807) is 6.07 Å². The van der Waals surface area contributed by atoms with Crippen molar-refractivity contribution in [1.82, 2.24) is 4.98 Å². The van der Waals surface area contributed by atoms with Crippen molar-refractivity contribution in [2.24, 2.45) is 0 Å². The average Bonchev–Trinajstić information content (AvgIpc) is 2.58. The van der Waals surface area contributed by atoms with Crippen LogP contribution in [-0.2, 0) is 17.2 Å². The Morgan fingerprint density at radius 1 is 1.40 bits per heavy atom. The standard InChI is InChI=1S/C11H10FNOS/c12-7-3-4-10-9(6-7)8-2-1-5-15(14)11(8)13-10/h3-4,6,13H,1-2,5H2. The molecule has 3 rings (SSSR count). The van der Waals surface area contributed by atoms with E-state index in [1.165, 1.54) is 12.1 Å². The highest BCUT2D eigenvalue weighted by Crippen LogP contribution is 2.30. The van der Waals surface area contributed by atoms with E-state index in [2.05, 4.69) is 4.98 Å². The molecule has 0 radical (unpaired) electrons. The van der Waals surface area contributed by atoms with Crippen molar-refractivity contribution < 1.29 is 8.60 Å². The Hall–Kier alpha value is -1.16. The van der Waals surface area contributed by atoms with Gasteiger partial charge in [-0.05, 0) is 36.6 Å². The van der Waals surface area contributed by atoms with E-state index >= 15 is 0 Å². The lowest BCUT2D eigenvalue weighted by atomic mass is 10.1. The summed E-state index contributed by atoms with van der Waals surface area (Å²) < 4.78 is 24.8. The molecule has 0 saturated carbocycles. The van der Waals surface area contributed by atoms with Gasteiger partial charge in [0.1, 0.15) is 10.8 Å². The number of hydrogen-bond acceptors (Lipinski definition) is 1. The summed E-state index contributed by atoms with van der Waals surface area (Å²) in [6, 6.07) is 4.65. The van der Waals surface area contributed by atoms with Crippen molar-refractivity contribution in [2.45, 2.75) is 17.9 Å². The Morgan fingerprint density at radius 3 is 3.13 bits per heavy atom.